The van der Waals surface area contributed by atoms with Crippen LogP contribution in [0.4, 0.5) is 5.69 Å². The third-order valence-electron chi connectivity index (χ3n) is 2.94. The number of benzene rings is 2. The molecule has 2 aromatic rings. The molecule has 3 N–H and O–H groups in total. The van der Waals surface area contributed by atoms with E-state index >= 15 is 0 Å². The van der Waals surface area contributed by atoms with Gasteiger partial charge in [-0.15, -0.1) is 0 Å². The van der Waals surface area contributed by atoms with E-state index in [-0.39, 0.29) is 12.5 Å². The molecule has 0 spiro atoms. The van der Waals surface area contributed by atoms with Crippen LogP contribution in [0.25, 0.3) is 0 Å². The zero-order valence-electron chi connectivity index (χ0n) is 11.6. The highest BCUT2D eigenvalue weighted by Gasteiger charge is 2.09. The quantitative estimate of drug-likeness (QED) is 0.837. The smallest absolute Gasteiger partial charge is 0.255 e. The average molecular weight is 299 g/mol. The second-order valence-corrected chi connectivity index (χ2v) is 4.88. The van der Waals surface area contributed by atoms with Crippen molar-refractivity contribution in [1.29, 1.82) is 0 Å². The van der Waals surface area contributed by atoms with E-state index < -0.39 is 0 Å². The van der Waals surface area contributed by atoms with E-state index in [1.165, 1.54) is 0 Å². The Morgan fingerprint density at radius 2 is 2.05 bits per heavy atom. The number of amides is 1. The highest BCUT2D eigenvalue weighted by molar-refractivity contribution is 6.31. The molecule has 0 aliphatic heterocycles. The van der Waals surface area contributed by atoms with Gasteiger partial charge in [-0.1, -0.05) is 41.6 Å². The number of hydrogen-bond acceptors (Lipinski definition) is 2. The maximum Gasteiger partial charge on any atom is 0.255 e. The number of aryl methyl sites for hydroxylation is 1. The Morgan fingerprint density at radius 1 is 1.29 bits per heavy atom. The van der Waals surface area contributed by atoms with Crippen LogP contribution < -0.4 is 11.1 Å². The van der Waals surface area contributed by atoms with Crippen LogP contribution in [0.1, 0.15) is 21.5 Å². The fraction of sp³-hybridized carbons (Fsp3) is 0.118. The first kappa shape index (κ1) is 15.1. The van der Waals surface area contributed by atoms with Gasteiger partial charge in [-0.25, -0.2) is 0 Å². The molecule has 0 saturated carbocycles. The summed E-state index contributed by atoms with van der Waals surface area (Å²) in [5.41, 5.74) is 8.21. The molecule has 106 valence electrons. The number of carbonyl (C=O) groups excluding carboxylic acids is 1. The number of anilines is 1. The van der Waals surface area contributed by atoms with Gasteiger partial charge in [0.05, 0.1) is 11.6 Å². The predicted octanol–water partition coefficient (Wildman–Crippen LogP) is 3.21. The molecule has 0 aliphatic carbocycles. The van der Waals surface area contributed by atoms with Crippen LogP contribution in [-0.2, 0) is 0 Å². The molecule has 0 aliphatic rings. The molecule has 0 aromatic heterocycles. The minimum Gasteiger partial charge on any atom is -0.322 e. The van der Waals surface area contributed by atoms with Gasteiger partial charge in [0.1, 0.15) is 0 Å². The van der Waals surface area contributed by atoms with Crippen molar-refractivity contribution in [2.24, 2.45) is 5.73 Å². The number of nitrogens with one attached hydrogen (secondary N) is 1. The summed E-state index contributed by atoms with van der Waals surface area (Å²) < 4.78 is 0. The SMILES string of the molecule is Cc1ccccc1C(=O)Nc1ccc(Cl)c(C#CCN)c1. The molecule has 0 unspecified atom stereocenters. The highest BCUT2D eigenvalue weighted by atomic mass is 35.5. The molecule has 0 radical (unpaired) electrons. The van der Waals surface area contributed by atoms with Crippen molar-refractivity contribution >= 4 is 23.2 Å². The van der Waals surface area contributed by atoms with Gasteiger partial charge in [0.15, 0.2) is 0 Å². The van der Waals surface area contributed by atoms with E-state index in [1.54, 1.807) is 24.3 Å². The van der Waals surface area contributed by atoms with Crippen LogP contribution in [0.5, 0.6) is 0 Å². The fourth-order valence-electron chi connectivity index (χ4n) is 1.87. The normalized spacial score (nSPS) is 9.67. The van der Waals surface area contributed by atoms with Gasteiger partial charge in [0.2, 0.25) is 0 Å². The molecule has 0 atom stereocenters. The minimum absolute atomic E-state index is 0.159. The third kappa shape index (κ3) is 3.85. The van der Waals surface area contributed by atoms with Crippen LogP contribution in [0.3, 0.4) is 0 Å². The van der Waals surface area contributed by atoms with E-state index in [4.69, 9.17) is 17.3 Å². The monoisotopic (exact) mass is 298 g/mol. The van der Waals surface area contributed by atoms with E-state index in [2.05, 4.69) is 17.2 Å². The predicted molar refractivity (Wildman–Crippen MR) is 86.5 cm³/mol. The lowest BCUT2D eigenvalue weighted by molar-refractivity contribution is 0.102. The summed E-state index contributed by atoms with van der Waals surface area (Å²) >= 11 is 6.05. The second kappa shape index (κ2) is 6.94. The van der Waals surface area contributed by atoms with Gasteiger partial charge in [-0.2, -0.15) is 0 Å². The Balaban J connectivity index is 2.24. The summed E-state index contributed by atoms with van der Waals surface area (Å²) in [6, 6.07) is 12.6. The largest absolute Gasteiger partial charge is 0.322 e. The summed E-state index contributed by atoms with van der Waals surface area (Å²) in [7, 11) is 0. The van der Waals surface area contributed by atoms with Crippen LogP contribution in [0, 0.1) is 18.8 Å². The first-order chi connectivity index (χ1) is 10.1. The fourth-order valence-corrected chi connectivity index (χ4v) is 2.04. The van der Waals surface area contributed by atoms with Crippen molar-refractivity contribution in [3.63, 3.8) is 0 Å². The van der Waals surface area contributed by atoms with Crippen molar-refractivity contribution in [1.82, 2.24) is 0 Å². The molecule has 2 aromatic carbocycles. The highest BCUT2D eigenvalue weighted by Crippen LogP contribution is 2.20. The van der Waals surface area contributed by atoms with Crippen LogP contribution in [0.2, 0.25) is 5.02 Å². The van der Waals surface area contributed by atoms with E-state index in [0.29, 0.717) is 21.8 Å². The van der Waals surface area contributed by atoms with Crippen molar-refractivity contribution in [3.8, 4) is 11.8 Å². The molecule has 3 nitrogen and oxygen atoms in total. The summed E-state index contributed by atoms with van der Waals surface area (Å²) in [4.78, 5) is 12.2. The molecular formula is C17H15ClN2O. The molecule has 0 fully saturated rings. The molecule has 0 heterocycles. The van der Waals surface area contributed by atoms with Gasteiger partial charge in [-0.3, -0.25) is 4.79 Å². The number of hydrogen-bond donors (Lipinski definition) is 2. The molecule has 2 rings (SSSR count). The Labute approximate surface area is 129 Å². The summed E-state index contributed by atoms with van der Waals surface area (Å²) in [5.74, 6) is 5.47. The second-order valence-electron chi connectivity index (χ2n) is 4.47. The maximum absolute atomic E-state index is 12.2. The Hall–Kier alpha value is -2.28. The van der Waals surface area contributed by atoms with Crippen LogP contribution >= 0.6 is 11.6 Å². The Kier molecular flexibility index (Phi) is 4.99. The molecular weight excluding hydrogens is 284 g/mol. The van der Waals surface area contributed by atoms with Gasteiger partial charge < -0.3 is 11.1 Å². The number of nitrogens with two attached hydrogens (primary N) is 1. The van der Waals surface area contributed by atoms with Crippen molar-refractivity contribution in [2.75, 3.05) is 11.9 Å². The van der Waals surface area contributed by atoms with Gasteiger partial charge >= 0.3 is 0 Å². The van der Waals surface area contributed by atoms with E-state index in [0.717, 1.165) is 5.56 Å². The van der Waals surface area contributed by atoms with E-state index in [1.807, 2.05) is 25.1 Å². The van der Waals surface area contributed by atoms with Gasteiger partial charge in [-0.05, 0) is 36.8 Å². The standard InChI is InChI=1S/C17H15ClN2O/c1-12-5-2-3-7-15(12)17(21)20-14-8-9-16(18)13(11-14)6-4-10-19/h2-3,5,7-9,11H,10,19H2,1H3,(H,20,21). The summed E-state index contributed by atoms with van der Waals surface area (Å²) in [6.45, 7) is 2.16. The Bertz CT molecular complexity index is 729. The zero-order chi connectivity index (χ0) is 15.2. The lowest BCUT2D eigenvalue weighted by Gasteiger charge is -2.08. The number of halogens is 1. The van der Waals surface area contributed by atoms with E-state index in [9.17, 15) is 4.79 Å². The Morgan fingerprint density at radius 3 is 2.76 bits per heavy atom. The molecule has 4 heteroatoms. The lowest BCUT2D eigenvalue weighted by Crippen LogP contribution is -2.13. The minimum atomic E-state index is -0.159. The summed E-state index contributed by atoms with van der Waals surface area (Å²) in [5, 5.41) is 3.38. The molecule has 0 saturated heterocycles. The molecule has 1 amide bonds. The van der Waals surface area contributed by atoms with Crippen molar-refractivity contribution in [2.45, 2.75) is 6.92 Å². The summed E-state index contributed by atoms with van der Waals surface area (Å²) in [6.07, 6.45) is 0. The third-order valence-corrected chi connectivity index (χ3v) is 3.27. The van der Waals surface area contributed by atoms with Gasteiger partial charge in [0, 0.05) is 16.8 Å². The number of rotatable bonds is 2. The van der Waals surface area contributed by atoms with Gasteiger partial charge in [0.25, 0.3) is 5.91 Å². The van der Waals surface area contributed by atoms with Crippen molar-refractivity contribution < 1.29 is 4.79 Å². The average Bonchev–Trinajstić information content (AvgIpc) is 2.48. The van der Waals surface area contributed by atoms with Crippen LogP contribution in [0.15, 0.2) is 42.5 Å². The first-order valence-electron chi connectivity index (χ1n) is 6.47. The topological polar surface area (TPSA) is 55.1 Å². The zero-order valence-corrected chi connectivity index (χ0v) is 12.4. The molecule has 21 heavy (non-hydrogen) atoms. The van der Waals surface area contributed by atoms with Crippen molar-refractivity contribution in [3.05, 3.63) is 64.2 Å². The van der Waals surface area contributed by atoms with Crippen LogP contribution in [-0.4, -0.2) is 12.5 Å². The number of carbonyl (C=O) groups is 1. The first-order valence-corrected chi connectivity index (χ1v) is 6.85. The lowest BCUT2D eigenvalue weighted by atomic mass is 10.1. The molecule has 0 bridgehead atoms. The maximum atomic E-state index is 12.2.